The van der Waals surface area contributed by atoms with Crippen molar-refractivity contribution in [1.29, 1.82) is 0 Å². The Morgan fingerprint density at radius 1 is 1.29 bits per heavy atom. The summed E-state index contributed by atoms with van der Waals surface area (Å²) in [6.07, 6.45) is 3.35. The van der Waals surface area contributed by atoms with E-state index in [4.69, 9.17) is 5.11 Å². The smallest absolute Gasteiger partial charge is 0.307 e. The molecule has 0 saturated carbocycles. The molecule has 0 aliphatic rings. The van der Waals surface area contributed by atoms with Gasteiger partial charge < -0.3 is 5.11 Å². The number of aryl methyl sites for hydroxylation is 2. The number of rotatable bonds is 3. The van der Waals surface area contributed by atoms with Gasteiger partial charge in [-0.1, -0.05) is 6.07 Å². The van der Waals surface area contributed by atoms with Crippen molar-refractivity contribution in [2.45, 2.75) is 20.3 Å². The largest absolute Gasteiger partial charge is 0.481 e. The molecule has 0 spiro atoms. The highest BCUT2D eigenvalue weighted by atomic mass is 16.4. The number of aliphatic carboxylic acids is 1. The van der Waals surface area contributed by atoms with Crippen molar-refractivity contribution in [1.82, 2.24) is 9.78 Å². The maximum atomic E-state index is 10.6. The summed E-state index contributed by atoms with van der Waals surface area (Å²) in [6, 6.07) is 6.13. The molecule has 0 aliphatic heterocycles. The van der Waals surface area contributed by atoms with Gasteiger partial charge in [-0.2, -0.15) is 5.10 Å². The van der Waals surface area contributed by atoms with Crippen LogP contribution in [0.15, 0.2) is 30.6 Å². The summed E-state index contributed by atoms with van der Waals surface area (Å²) in [5, 5.41) is 12.9. The van der Waals surface area contributed by atoms with Gasteiger partial charge in [0.2, 0.25) is 0 Å². The molecular formula is C13H14N2O2. The molecule has 1 aromatic carbocycles. The molecule has 2 rings (SSSR count). The van der Waals surface area contributed by atoms with Crippen LogP contribution in [0.1, 0.15) is 16.7 Å². The van der Waals surface area contributed by atoms with Crippen LogP contribution in [0.5, 0.6) is 0 Å². The first-order valence-electron chi connectivity index (χ1n) is 5.38. The summed E-state index contributed by atoms with van der Waals surface area (Å²) in [5.74, 6) is -0.843. The lowest BCUT2D eigenvalue weighted by Gasteiger charge is -2.04. The number of aromatic nitrogens is 2. The summed E-state index contributed by atoms with van der Waals surface area (Å²) in [5.41, 5.74) is 3.99. The first-order valence-corrected chi connectivity index (χ1v) is 5.38. The van der Waals surface area contributed by atoms with Crippen molar-refractivity contribution in [3.63, 3.8) is 0 Å². The molecule has 0 amide bonds. The molecule has 2 aromatic rings. The van der Waals surface area contributed by atoms with Crippen LogP contribution in [0.4, 0.5) is 0 Å². The maximum Gasteiger partial charge on any atom is 0.307 e. The Hall–Kier alpha value is -2.10. The zero-order chi connectivity index (χ0) is 12.4. The van der Waals surface area contributed by atoms with Gasteiger partial charge in [0.05, 0.1) is 18.3 Å². The average molecular weight is 230 g/mol. The third kappa shape index (κ3) is 2.72. The third-order valence-corrected chi connectivity index (χ3v) is 2.46. The first-order chi connectivity index (χ1) is 8.04. The number of carboxylic acids is 1. The number of carbonyl (C=O) groups is 1. The van der Waals surface area contributed by atoms with Crippen LogP contribution in [0.25, 0.3) is 5.69 Å². The molecule has 0 bridgehead atoms. The highest BCUT2D eigenvalue weighted by Crippen LogP contribution is 2.13. The zero-order valence-electron chi connectivity index (χ0n) is 9.84. The van der Waals surface area contributed by atoms with E-state index in [1.165, 1.54) is 0 Å². The summed E-state index contributed by atoms with van der Waals surface area (Å²) in [7, 11) is 0. The van der Waals surface area contributed by atoms with Gasteiger partial charge in [0.25, 0.3) is 0 Å². The lowest BCUT2D eigenvalue weighted by molar-refractivity contribution is -0.136. The minimum atomic E-state index is -0.843. The molecule has 0 fully saturated rings. The van der Waals surface area contributed by atoms with Gasteiger partial charge in [-0.05, 0) is 37.1 Å². The lowest BCUT2D eigenvalue weighted by Crippen LogP contribution is -1.99. The van der Waals surface area contributed by atoms with Crippen molar-refractivity contribution >= 4 is 5.97 Å². The highest BCUT2D eigenvalue weighted by Gasteiger charge is 2.05. The molecule has 0 atom stereocenters. The fourth-order valence-corrected chi connectivity index (χ4v) is 1.85. The van der Waals surface area contributed by atoms with Gasteiger partial charge >= 0.3 is 5.97 Å². The van der Waals surface area contributed by atoms with Crippen molar-refractivity contribution in [3.8, 4) is 5.69 Å². The number of hydrogen-bond acceptors (Lipinski definition) is 2. The van der Waals surface area contributed by atoms with E-state index in [0.29, 0.717) is 5.56 Å². The molecule has 0 saturated heterocycles. The fourth-order valence-electron chi connectivity index (χ4n) is 1.85. The molecule has 0 unspecified atom stereocenters. The second kappa shape index (κ2) is 4.41. The average Bonchev–Trinajstić information content (AvgIpc) is 2.63. The van der Waals surface area contributed by atoms with Crippen LogP contribution in [-0.2, 0) is 11.2 Å². The number of carboxylic acid groups (broad SMARTS) is 1. The molecule has 17 heavy (non-hydrogen) atoms. The van der Waals surface area contributed by atoms with E-state index < -0.39 is 5.97 Å². The van der Waals surface area contributed by atoms with E-state index in [9.17, 15) is 4.79 Å². The van der Waals surface area contributed by atoms with E-state index in [1.54, 1.807) is 17.1 Å². The normalized spacial score (nSPS) is 10.5. The fraction of sp³-hybridized carbons (Fsp3) is 0.231. The predicted molar refractivity (Wildman–Crippen MR) is 64.4 cm³/mol. The van der Waals surface area contributed by atoms with Crippen molar-refractivity contribution < 1.29 is 9.90 Å². The summed E-state index contributed by atoms with van der Waals surface area (Å²) in [4.78, 5) is 10.6. The number of benzene rings is 1. The number of hydrogen-bond donors (Lipinski definition) is 1. The molecule has 4 nitrogen and oxygen atoms in total. The van der Waals surface area contributed by atoms with E-state index in [0.717, 1.165) is 16.8 Å². The van der Waals surface area contributed by atoms with Crippen molar-refractivity contribution in [2.75, 3.05) is 0 Å². The predicted octanol–water partition coefficient (Wildman–Crippen LogP) is 2.12. The van der Waals surface area contributed by atoms with Gasteiger partial charge in [0, 0.05) is 11.8 Å². The summed E-state index contributed by atoms with van der Waals surface area (Å²) < 4.78 is 1.71. The summed E-state index contributed by atoms with van der Waals surface area (Å²) in [6.45, 7) is 4.05. The summed E-state index contributed by atoms with van der Waals surface area (Å²) >= 11 is 0. The number of nitrogens with zero attached hydrogens (tertiary/aromatic N) is 2. The Morgan fingerprint density at radius 3 is 2.53 bits per heavy atom. The Balaban J connectivity index is 2.33. The molecule has 1 aromatic heterocycles. The molecule has 1 heterocycles. The van der Waals surface area contributed by atoms with Gasteiger partial charge in [-0.3, -0.25) is 4.79 Å². The Kier molecular flexibility index (Phi) is 2.95. The molecule has 4 heteroatoms. The minimum Gasteiger partial charge on any atom is -0.481 e. The SMILES string of the molecule is Cc1cc(C)cc(-n2cc(CC(=O)O)cn2)c1. The van der Waals surface area contributed by atoms with Crippen LogP contribution < -0.4 is 0 Å². The van der Waals surface area contributed by atoms with Gasteiger partial charge in [0.15, 0.2) is 0 Å². The highest BCUT2D eigenvalue weighted by molar-refractivity contribution is 5.69. The van der Waals surface area contributed by atoms with E-state index in [-0.39, 0.29) is 6.42 Å². The maximum absolute atomic E-state index is 10.6. The van der Waals surface area contributed by atoms with Crippen LogP contribution in [0.2, 0.25) is 0 Å². The molecule has 88 valence electrons. The van der Waals surface area contributed by atoms with Gasteiger partial charge in [0.1, 0.15) is 0 Å². The second-order valence-corrected chi connectivity index (χ2v) is 4.21. The van der Waals surface area contributed by atoms with E-state index >= 15 is 0 Å². The zero-order valence-corrected chi connectivity index (χ0v) is 9.84. The van der Waals surface area contributed by atoms with Gasteiger partial charge in [-0.25, -0.2) is 4.68 Å². The second-order valence-electron chi connectivity index (χ2n) is 4.21. The van der Waals surface area contributed by atoms with Crippen molar-refractivity contribution in [3.05, 3.63) is 47.3 Å². The molecule has 1 N–H and O–H groups in total. The first kappa shape index (κ1) is 11.4. The molecule has 0 radical (unpaired) electrons. The molecule has 0 aliphatic carbocycles. The van der Waals surface area contributed by atoms with Gasteiger partial charge in [-0.15, -0.1) is 0 Å². The third-order valence-electron chi connectivity index (χ3n) is 2.46. The van der Waals surface area contributed by atoms with Crippen LogP contribution in [0.3, 0.4) is 0 Å². The quantitative estimate of drug-likeness (QED) is 0.878. The Labute approximate surface area is 99.5 Å². The molecular weight excluding hydrogens is 216 g/mol. The topological polar surface area (TPSA) is 55.1 Å². The van der Waals surface area contributed by atoms with E-state index in [1.807, 2.05) is 26.0 Å². The van der Waals surface area contributed by atoms with Crippen molar-refractivity contribution in [2.24, 2.45) is 0 Å². The lowest BCUT2D eigenvalue weighted by atomic mass is 10.1. The van der Waals surface area contributed by atoms with Crippen LogP contribution in [-0.4, -0.2) is 20.9 Å². The van der Waals surface area contributed by atoms with E-state index in [2.05, 4.69) is 11.2 Å². The van der Waals surface area contributed by atoms with Crippen LogP contribution in [0, 0.1) is 13.8 Å². The standard InChI is InChI=1S/C13H14N2O2/c1-9-3-10(2)5-12(4-9)15-8-11(7-14-15)6-13(16)17/h3-5,7-8H,6H2,1-2H3,(H,16,17). The monoisotopic (exact) mass is 230 g/mol. The van der Waals surface area contributed by atoms with Crippen LogP contribution >= 0.6 is 0 Å². The minimum absolute atomic E-state index is 0.00476. The Morgan fingerprint density at radius 2 is 1.94 bits per heavy atom. The Bertz CT molecular complexity index is 538.